The molecule has 0 atom stereocenters. The molecule has 1 aromatic carbocycles. The first-order valence-electron chi connectivity index (χ1n) is 4.31. The van der Waals surface area contributed by atoms with Crippen molar-refractivity contribution in [2.45, 2.75) is 12.3 Å². The van der Waals surface area contributed by atoms with E-state index in [1.54, 1.807) is 13.0 Å². The summed E-state index contributed by atoms with van der Waals surface area (Å²) in [6, 6.07) is 2.96. The van der Waals surface area contributed by atoms with Crippen molar-refractivity contribution in [2.24, 2.45) is 0 Å². The molecule has 0 radical (unpaired) electrons. The molecule has 5 heteroatoms. The van der Waals surface area contributed by atoms with Crippen LogP contribution in [-0.2, 0) is 10.1 Å². The van der Waals surface area contributed by atoms with Gasteiger partial charge in [-0.05, 0) is 40.5 Å². The summed E-state index contributed by atoms with van der Waals surface area (Å²) in [5.74, 6) is -0.985. The number of benzene rings is 1. The van der Waals surface area contributed by atoms with Gasteiger partial charge in [0.05, 0.1) is 16.6 Å². The second kappa shape index (κ2) is 5.61. The zero-order valence-corrected chi connectivity index (χ0v) is 11.2. The number of rotatable bonds is 3. The summed E-state index contributed by atoms with van der Waals surface area (Å²) in [6.45, 7) is 1.97. The minimum absolute atomic E-state index is 0.144. The quantitative estimate of drug-likeness (QED) is 0.620. The Labute approximate surface area is 104 Å². The van der Waals surface area contributed by atoms with Gasteiger partial charge in [-0.15, -0.1) is 0 Å². The fraction of sp³-hybridized carbons (Fsp3) is 0.300. The average Bonchev–Trinajstić information content (AvgIpc) is 2.22. The van der Waals surface area contributed by atoms with Crippen LogP contribution in [0.15, 0.2) is 16.6 Å². The maximum atomic E-state index is 13.4. The Balaban J connectivity index is 3.15. The Kier molecular flexibility index (Phi) is 4.73. The van der Waals surface area contributed by atoms with Gasteiger partial charge < -0.3 is 4.74 Å². The molecular weight excluding hydrogens is 331 g/mol. The van der Waals surface area contributed by atoms with Gasteiger partial charge in [0.1, 0.15) is 5.82 Å². The largest absolute Gasteiger partial charge is 0.462 e. The van der Waals surface area contributed by atoms with Crippen LogP contribution in [-0.4, -0.2) is 12.6 Å². The average molecular weight is 340 g/mol. The molecule has 15 heavy (non-hydrogen) atoms. The fourth-order valence-electron chi connectivity index (χ4n) is 1.08. The van der Waals surface area contributed by atoms with E-state index in [1.807, 2.05) is 0 Å². The number of carbonyl (C=O) groups is 1. The first kappa shape index (κ1) is 12.6. The van der Waals surface area contributed by atoms with Crippen molar-refractivity contribution in [1.29, 1.82) is 0 Å². The van der Waals surface area contributed by atoms with Crippen LogP contribution in [0, 0.1) is 5.82 Å². The Morgan fingerprint density at radius 2 is 2.20 bits per heavy atom. The van der Waals surface area contributed by atoms with E-state index in [4.69, 9.17) is 4.74 Å². The van der Waals surface area contributed by atoms with E-state index in [9.17, 15) is 9.18 Å². The van der Waals surface area contributed by atoms with E-state index in [2.05, 4.69) is 31.9 Å². The molecule has 0 saturated heterocycles. The van der Waals surface area contributed by atoms with Crippen molar-refractivity contribution in [2.75, 3.05) is 6.61 Å². The van der Waals surface area contributed by atoms with Gasteiger partial charge in [-0.1, -0.05) is 15.9 Å². The van der Waals surface area contributed by atoms with Crippen LogP contribution in [0.2, 0.25) is 0 Å². The van der Waals surface area contributed by atoms with E-state index in [1.165, 1.54) is 6.07 Å². The third kappa shape index (κ3) is 3.01. The lowest BCUT2D eigenvalue weighted by Gasteiger charge is -2.07. The highest BCUT2D eigenvalue weighted by atomic mass is 79.9. The summed E-state index contributed by atoms with van der Waals surface area (Å²) < 4.78 is 18.3. The third-order valence-electron chi connectivity index (χ3n) is 1.74. The molecule has 0 aliphatic heterocycles. The topological polar surface area (TPSA) is 26.3 Å². The van der Waals surface area contributed by atoms with Gasteiger partial charge in [0.2, 0.25) is 0 Å². The lowest BCUT2D eigenvalue weighted by Crippen LogP contribution is -2.07. The predicted octanol–water partition coefficient (Wildman–Crippen LogP) is 3.66. The Morgan fingerprint density at radius 1 is 1.53 bits per heavy atom. The molecule has 0 N–H and O–H groups in total. The Morgan fingerprint density at radius 3 is 2.73 bits per heavy atom. The molecule has 2 nitrogen and oxygen atoms in total. The lowest BCUT2D eigenvalue weighted by molar-refractivity contribution is 0.0524. The number of carbonyl (C=O) groups excluding carboxylic acids is 1. The molecular formula is C10H9Br2FO2. The van der Waals surface area contributed by atoms with Crippen molar-refractivity contribution in [3.8, 4) is 0 Å². The van der Waals surface area contributed by atoms with Gasteiger partial charge in [0.15, 0.2) is 0 Å². The van der Waals surface area contributed by atoms with Crippen molar-refractivity contribution >= 4 is 37.8 Å². The zero-order valence-electron chi connectivity index (χ0n) is 8.02. The van der Waals surface area contributed by atoms with Crippen LogP contribution in [0.3, 0.4) is 0 Å². The molecule has 82 valence electrons. The smallest absolute Gasteiger partial charge is 0.339 e. The van der Waals surface area contributed by atoms with Crippen LogP contribution in [0.25, 0.3) is 0 Å². The van der Waals surface area contributed by atoms with Crippen LogP contribution in [0.4, 0.5) is 4.39 Å². The number of hydrogen-bond donors (Lipinski definition) is 0. The van der Waals surface area contributed by atoms with Gasteiger partial charge in [-0.2, -0.15) is 0 Å². The first-order chi connectivity index (χ1) is 7.10. The van der Waals surface area contributed by atoms with E-state index < -0.39 is 11.8 Å². The highest BCUT2D eigenvalue weighted by Crippen LogP contribution is 2.24. The van der Waals surface area contributed by atoms with E-state index in [0.717, 1.165) is 0 Å². The summed E-state index contributed by atoms with van der Waals surface area (Å²) in [5, 5.41) is 0.490. The van der Waals surface area contributed by atoms with Gasteiger partial charge >= 0.3 is 5.97 Å². The van der Waals surface area contributed by atoms with Gasteiger partial charge in [-0.3, -0.25) is 0 Å². The molecule has 0 aromatic heterocycles. The standard InChI is InChI=1S/C10H9Br2FO2/c1-2-15-10(14)7-3-6(5-11)4-8(13)9(7)12/h3-4H,2,5H2,1H3. The Hall–Kier alpha value is -0.420. The van der Waals surface area contributed by atoms with Crippen LogP contribution < -0.4 is 0 Å². The highest BCUT2D eigenvalue weighted by Gasteiger charge is 2.15. The minimum Gasteiger partial charge on any atom is -0.462 e. The maximum absolute atomic E-state index is 13.4. The zero-order chi connectivity index (χ0) is 11.4. The molecule has 0 bridgehead atoms. The van der Waals surface area contributed by atoms with E-state index in [-0.39, 0.29) is 16.6 Å². The van der Waals surface area contributed by atoms with E-state index >= 15 is 0 Å². The van der Waals surface area contributed by atoms with Gasteiger partial charge in [-0.25, -0.2) is 9.18 Å². The van der Waals surface area contributed by atoms with Crippen molar-refractivity contribution < 1.29 is 13.9 Å². The first-order valence-corrected chi connectivity index (χ1v) is 6.22. The van der Waals surface area contributed by atoms with Crippen LogP contribution >= 0.6 is 31.9 Å². The molecule has 0 fully saturated rings. The number of halogens is 3. The lowest BCUT2D eigenvalue weighted by atomic mass is 10.1. The summed E-state index contributed by atoms with van der Waals surface area (Å²) in [6.07, 6.45) is 0. The van der Waals surface area contributed by atoms with E-state index in [0.29, 0.717) is 10.9 Å². The maximum Gasteiger partial charge on any atom is 0.339 e. The van der Waals surface area contributed by atoms with Crippen molar-refractivity contribution in [1.82, 2.24) is 0 Å². The molecule has 1 aromatic rings. The fourth-order valence-corrected chi connectivity index (χ4v) is 1.79. The monoisotopic (exact) mass is 338 g/mol. The predicted molar refractivity (Wildman–Crippen MR) is 62.7 cm³/mol. The minimum atomic E-state index is -0.522. The molecule has 0 spiro atoms. The van der Waals surface area contributed by atoms with Crippen molar-refractivity contribution in [3.63, 3.8) is 0 Å². The number of ether oxygens (including phenoxy) is 1. The number of hydrogen-bond acceptors (Lipinski definition) is 2. The van der Waals surface area contributed by atoms with Gasteiger partial charge in [0.25, 0.3) is 0 Å². The molecule has 0 unspecified atom stereocenters. The Bertz CT molecular complexity index is 380. The second-order valence-corrected chi connectivity index (χ2v) is 4.15. The molecule has 0 saturated carbocycles. The molecule has 0 amide bonds. The van der Waals surface area contributed by atoms with Crippen LogP contribution in [0.1, 0.15) is 22.8 Å². The normalized spacial score (nSPS) is 10.1. The second-order valence-electron chi connectivity index (χ2n) is 2.79. The highest BCUT2D eigenvalue weighted by molar-refractivity contribution is 9.10. The van der Waals surface area contributed by atoms with Crippen LogP contribution in [0.5, 0.6) is 0 Å². The summed E-state index contributed by atoms with van der Waals surface area (Å²) in [4.78, 5) is 11.5. The summed E-state index contributed by atoms with van der Waals surface area (Å²) in [7, 11) is 0. The van der Waals surface area contributed by atoms with Crippen molar-refractivity contribution in [3.05, 3.63) is 33.5 Å². The summed E-state index contributed by atoms with van der Waals surface area (Å²) >= 11 is 6.23. The molecule has 0 aliphatic carbocycles. The summed E-state index contributed by atoms with van der Waals surface area (Å²) in [5.41, 5.74) is 0.907. The number of alkyl halides is 1. The molecule has 0 aliphatic rings. The third-order valence-corrected chi connectivity index (χ3v) is 3.19. The SMILES string of the molecule is CCOC(=O)c1cc(CBr)cc(F)c1Br. The molecule has 1 rings (SSSR count). The number of esters is 1. The molecule has 0 heterocycles. The van der Waals surface area contributed by atoms with Gasteiger partial charge in [0, 0.05) is 5.33 Å².